The fourth-order valence-electron chi connectivity index (χ4n) is 5.76. The van der Waals surface area contributed by atoms with Crippen LogP contribution in [0.5, 0.6) is 0 Å². The lowest BCUT2D eigenvalue weighted by molar-refractivity contribution is -0.392. The Hall–Kier alpha value is -4.37. The number of likely N-dealkylation sites (tertiary alicyclic amines) is 1. The zero-order chi connectivity index (χ0) is 35.1. The average molecular weight is 702 g/mol. The van der Waals surface area contributed by atoms with Crippen molar-refractivity contribution in [2.45, 2.75) is 40.6 Å². The number of sulfone groups is 1. The molecule has 1 heterocycles. The van der Waals surface area contributed by atoms with Gasteiger partial charge in [-0.3, -0.25) is 4.79 Å². The Morgan fingerprint density at radius 2 is 1.31 bits per heavy atom. The second kappa shape index (κ2) is 12.6. The van der Waals surface area contributed by atoms with E-state index in [2.05, 4.69) is 4.74 Å². The van der Waals surface area contributed by atoms with Crippen molar-refractivity contribution >= 4 is 15.7 Å². The van der Waals surface area contributed by atoms with Crippen LogP contribution in [-0.4, -0.2) is 44.7 Å². The summed E-state index contributed by atoms with van der Waals surface area (Å²) in [5, 5.41) is 0. The second-order valence-corrected chi connectivity index (χ2v) is 13.3. The number of benzene rings is 4. The van der Waals surface area contributed by atoms with Crippen molar-refractivity contribution in [2.24, 2.45) is 0 Å². The van der Waals surface area contributed by atoms with Gasteiger partial charge in [-0.05, 0) is 60.5 Å². The van der Waals surface area contributed by atoms with Gasteiger partial charge in [0.1, 0.15) is 22.2 Å². The molecule has 5 nitrogen and oxygen atoms in total. The van der Waals surface area contributed by atoms with E-state index in [4.69, 9.17) is 0 Å². The summed E-state index contributed by atoms with van der Waals surface area (Å²) in [6.45, 7) is -2.48. The van der Waals surface area contributed by atoms with E-state index in [9.17, 15) is 52.7 Å². The quantitative estimate of drug-likeness (QED) is 0.139. The molecular formula is C33H24F9NO4S. The zero-order valence-corrected chi connectivity index (χ0v) is 25.3. The van der Waals surface area contributed by atoms with E-state index in [1.807, 2.05) is 0 Å². The van der Waals surface area contributed by atoms with Crippen LogP contribution in [0.2, 0.25) is 0 Å². The maximum absolute atomic E-state index is 14.5. The van der Waals surface area contributed by atoms with E-state index >= 15 is 0 Å². The smallest absolute Gasteiger partial charge is 0.349 e. The summed E-state index contributed by atoms with van der Waals surface area (Å²) in [5.41, 5.74) is -7.89. The van der Waals surface area contributed by atoms with Gasteiger partial charge in [0.05, 0.1) is 11.5 Å². The molecule has 15 heteroatoms. The van der Waals surface area contributed by atoms with Crippen molar-refractivity contribution in [3.05, 3.63) is 137 Å². The van der Waals surface area contributed by atoms with E-state index < -0.39 is 85.1 Å². The number of ether oxygens (including phenoxy) is 1. The van der Waals surface area contributed by atoms with Crippen LogP contribution in [-0.2, 0) is 31.5 Å². The highest BCUT2D eigenvalue weighted by Gasteiger charge is 2.73. The van der Waals surface area contributed by atoms with Crippen LogP contribution < -0.4 is 0 Å². The van der Waals surface area contributed by atoms with Crippen LogP contribution in [0, 0.1) is 17.5 Å². The van der Waals surface area contributed by atoms with E-state index in [0.29, 0.717) is 24.3 Å². The summed E-state index contributed by atoms with van der Waals surface area (Å²) in [7, 11) is -4.60. The van der Waals surface area contributed by atoms with Gasteiger partial charge in [0.2, 0.25) is 0 Å². The zero-order valence-electron chi connectivity index (χ0n) is 24.5. The molecule has 4 aromatic rings. The summed E-state index contributed by atoms with van der Waals surface area (Å²) in [4.78, 5) is 14.1. The summed E-state index contributed by atoms with van der Waals surface area (Å²) in [6.07, 6.45) is -12.8. The van der Waals surface area contributed by atoms with Gasteiger partial charge in [0.25, 0.3) is 11.5 Å². The molecule has 1 aliphatic heterocycles. The number of halogens is 9. The first kappa shape index (κ1) is 35.0. The fourth-order valence-corrected chi connectivity index (χ4v) is 7.84. The SMILES string of the molecule is O=C(c1ccccc1)N1CCC(c2ccc(C(OCc3c(F)cccc3F)(C(F)(F)F)C(F)(F)F)cc2)(S(=O)(=O)c2ccc(F)cc2)C1. The molecule has 0 bridgehead atoms. The van der Waals surface area contributed by atoms with Gasteiger partial charge >= 0.3 is 12.4 Å². The van der Waals surface area contributed by atoms with Crippen molar-refractivity contribution in [2.75, 3.05) is 13.1 Å². The maximum atomic E-state index is 14.5. The monoisotopic (exact) mass is 701 g/mol. The molecule has 4 aromatic carbocycles. The molecule has 254 valence electrons. The molecular weight excluding hydrogens is 677 g/mol. The van der Waals surface area contributed by atoms with Crippen LogP contribution in [0.15, 0.2) is 102 Å². The van der Waals surface area contributed by atoms with Gasteiger partial charge in [0.15, 0.2) is 9.84 Å². The highest BCUT2D eigenvalue weighted by molar-refractivity contribution is 7.92. The molecule has 0 aromatic heterocycles. The normalized spacial score (nSPS) is 17.5. The third-order valence-corrected chi connectivity index (χ3v) is 10.8. The second-order valence-electron chi connectivity index (χ2n) is 11.0. The first-order valence-electron chi connectivity index (χ1n) is 14.1. The number of hydrogen-bond donors (Lipinski definition) is 0. The molecule has 0 radical (unpaired) electrons. The van der Waals surface area contributed by atoms with E-state index in [-0.39, 0.29) is 24.1 Å². The summed E-state index contributed by atoms with van der Waals surface area (Å²) in [5.74, 6) is -4.23. The maximum Gasteiger partial charge on any atom is 0.430 e. The third kappa shape index (κ3) is 5.93. The van der Waals surface area contributed by atoms with Crippen LogP contribution in [0.3, 0.4) is 0 Å². The predicted octanol–water partition coefficient (Wildman–Crippen LogP) is 7.86. The van der Waals surface area contributed by atoms with E-state index in [0.717, 1.165) is 42.5 Å². The van der Waals surface area contributed by atoms with Crippen molar-refractivity contribution < 1.29 is 57.5 Å². The number of amides is 1. The molecule has 1 aliphatic rings. The topological polar surface area (TPSA) is 63.7 Å². The molecule has 1 fully saturated rings. The summed E-state index contributed by atoms with van der Waals surface area (Å²) in [6, 6.07) is 15.7. The highest BCUT2D eigenvalue weighted by Crippen LogP contribution is 2.54. The number of carbonyl (C=O) groups is 1. The number of alkyl halides is 6. The molecule has 48 heavy (non-hydrogen) atoms. The molecule has 0 spiro atoms. The molecule has 0 N–H and O–H groups in total. The van der Waals surface area contributed by atoms with Crippen LogP contribution >= 0.6 is 0 Å². The minimum absolute atomic E-state index is 0.164. The van der Waals surface area contributed by atoms with Gasteiger partial charge in [-0.2, -0.15) is 26.3 Å². The number of nitrogens with zero attached hydrogens (tertiary/aromatic N) is 1. The first-order valence-corrected chi connectivity index (χ1v) is 15.6. The number of carbonyl (C=O) groups excluding carboxylic acids is 1. The lowest BCUT2D eigenvalue weighted by Gasteiger charge is -2.38. The molecule has 5 rings (SSSR count). The van der Waals surface area contributed by atoms with Crippen molar-refractivity contribution in [1.82, 2.24) is 4.90 Å². The summed E-state index contributed by atoms with van der Waals surface area (Å²) < 4.78 is 160. The number of hydrogen-bond acceptors (Lipinski definition) is 4. The fraction of sp³-hybridized carbons (Fsp3) is 0.242. The van der Waals surface area contributed by atoms with Crippen molar-refractivity contribution in [1.29, 1.82) is 0 Å². The molecule has 1 unspecified atom stereocenters. The predicted molar refractivity (Wildman–Crippen MR) is 154 cm³/mol. The third-order valence-electron chi connectivity index (χ3n) is 8.29. The average Bonchev–Trinajstić information content (AvgIpc) is 3.49. The minimum atomic E-state index is -6.22. The van der Waals surface area contributed by atoms with Crippen LogP contribution in [0.1, 0.15) is 33.5 Å². The Morgan fingerprint density at radius 3 is 1.85 bits per heavy atom. The van der Waals surface area contributed by atoms with Crippen molar-refractivity contribution in [3.8, 4) is 0 Å². The highest BCUT2D eigenvalue weighted by atomic mass is 32.2. The Morgan fingerprint density at radius 1 is 0.750 bits per heavy atom. The van der Waals surface area contributed by atoms with Crippen molar-refractivity contribution in [3.63, 3.8) is 0 Å². The minimum Gasteiger partial charge on any atom is -0.349 e. The van der Waals surface area contributed by atoms with Crippen LogP contribution in [0.4, 0.5) is 39.5 Å². The molecule has 0 saturated carbocycles. The van der Waals surface area contributed by atoms with Gasteiger partial charge in [-0.25, -0.2) is 21.6 Å². The first-order chi connectivity index (χ1) is 22.4. The molecule has 0 aliphatic carbocycles. The lowest BCUT2D eigenvalue weighted by Crippen LogP contribution is -2.56. The molecule has 1 atom stereocenters. The largest absolute Gasteiger partial charge is 0.430 e. The van der Waals surface area contributed by atoms with Gasteiger partial charge in [-0.15, -0.1) is 0 Å². The van der Waals surface area contributed by atoms with Gasteiger partial charge in [0, 0.05) is 29.8 Å². The Labute approximate surface area is 268 Å². The Kier molecular flexibility index (Phi) is 9.16. The van der Waals surface area contributed by atoms with Crippen LogP contribution in [0.25, 0.3) is 0 Å². The summed E-state index contributed by atoms with van der Waals surface area (Å²) >= 11 is 0. The van der Waals surface area contributed by atoms with Gasteiger partial charge in [-0.1, -0.05) is 48.5 Å². The Bertz CT molecular complexity index is 1860. The molecule has 1 saturated heterocycles. The lowest BCUT2D eigenvalue weighted by atomic mass is 9.88. The molecule has 1 amide bonds. The number of rotatable bonds is 8. The van der Waals surface area contributed by atoms with E-state index in [1.165, 1.54) is 17.0 Å². The van der Waals surface area contributed by atoms with E-state index in [1.54, 1.807) is 18.2 Å². The standard InChI is InChI=1S/C33H24F9NO4S/c34-24-13-15-25(16-14-24)48(45,46)30(17-18-43(20-30)29(44)21-5-2-1-3-6-21)22-9-11-23(12-10-22)31(32(37,38)39,33(40,41)42)47-19-26-27(35)7-4-8-28(26)36/h1-16H,17-20H2. The Balaban J connectivity index is 1.62. The van der Waals surface area contributed by atoms with Gasteiger partial charge < -0.3 is 9.64 Å².